The number of allylic oxidation sites excluding steroid dienone is 3. The molecule has 1 heteroatoms. The van der Waals surface area contributed by atoms with Crippen LogP contribution in [0.1, 0.15) is 0 Å². The molecule has 0 aromatic carbocycles. The van der Waals surface area contributed by atoms with Crippen LogP contribution in [0.3, 0.4) is 0 Å². The maximum Gasteiger partial charge on any atom is 0.194 e. The third kappa shape index (κ3) is 0.688. The molecule has 0 atom stereocenters. The van der Waals surface area contributed by atoms with Crippen molar-refractivity contribution < 1.29 is 4.79 Å². The van der Waals surface area contributed by atoms with Crippen molar-refractivity contribution >= 4 is 5.78 Å². The van der Waals surface area contributed by atoms with Gasteiger partial charge in [0.05, 0.1) is 0 Å². The van der Waals surface area contributed by atoms with Gasteiger partial charge in [0.15, 0.2) is 5.78 Å². The fourth-order valence-corrected chi connectivity index (χ4v) is 0.400. The molecule has 0 spiro atoms. The molecular weight excluding hydrogens is 100 g/mol. The summed E-state index contributed by atoms with van der Waals surface area (Å²) in [6, 6.07) is 0. The van der Waals surface area contributed by atoms with E-state index in [1.54, 1.807) is 0 Å². The second kappa shape index (κ2) is 1.67. The van der Waals surface area contributed by atoms with Crippen LogP contribution in [0, 0.1) is 0 Å². The molecule has 0 heterocycles. The molecule has 38 valence electrons. The van der Waals surface area contributed by atoms with Crippen LogP contribution in [0.2, 0.25) is 0 Å². The third-order valence-electron chi connectivity index (χ3n) is 0.849. The summed E-state index contributed by atoms with van der Waals surface area (Å²) in [4.78, 5) is 10.5. The Morgan fingerprint density at radius 2 is 2.00 bits per heavy atom. The summed E-state index contributed by atoms with van der Waals surface area (Å²) < 4.78 is 0. The number of ketones is 1. The summed E-state index contributed by atoms with van der Waals surface area (Å²) >= 11 is 0. The van der Waals surface area contributed by atoms with Crippen molar-refractivity contribution in [2.45, 2.75) is 0 Å². The molecule has 8 heavy (non-hydrogen) atoms. The minimum absolute atomic E-state index is 0.0799. The van der Waals surface area contributed by atoms with E-state index in [4.69, 9.17) is 0 Å². The summed E-state index contributed by atoms with van der Waals surface area (Å²) in [5, 5.41) is 0. The lowest BCUT2D eigenvalue weighted by atomic mass is 10.1. The van der Waals surface area contributed by atoms with Gasteiger partial charge in [0.2, 0.25) is 0 Å². The van der Waals surface area contributed by atoms with Gasteiger partial charge in [-0.2, -0.15) is 0 Å². The van der Waals surface area contributed by atoms with Crippen molar-refractivity contribution in [3.8, 4) is 0 Å². The summed E-state index contributed by atoms with van der Waals surface area (Å²) in [5.41, 5.74) is 5.61. The SMILES string of the molecule is C=C1C=C=C=CC1=O. The van der Waals surface area contributed by atoms with Gasteiger partial charge in [-0.3, -0.25) is 4.79 Å². The van der Waals surface area contributed by atoms with Crippen LogP contribution in [-0.2, 0) is 4.79 Å². The Morgan fingerprint density at radius 3 is 2.38 bits per heavy atom. The van der Waals surface area contributed by atoms with E-state index < -0.39 is 0 Å². The Balaban J connectivity index is 3.18. The minimum atomic E-state index is -0.0799. The van der Waals surface area contributed by atoms with Crippen LogP contribution in [0.15, 0.2) is 35.8 Å². The van der Waals surface area contributed by atoms with Gasteiger partial charge in [0.1, 0.15) is 0 Å². The Morgan fingerprint density at radius 1 is 1.38 bits per heavy atom. The fraction of sp³-hybridized carbons (Fsp3) is 0. The van der Waals surface area contributed by atoms with Crippen LogP contribution in [0.4, 0.5) is 0 Å². The van der Waals surface area contributed by atoms with Gasteiger partial charge in [-0.15, -0.1) is 0 Å². The first-order chi connectivity index (χ1) is 3.80. The van der Waals surface area contributed by atoms with Crippen LogP contribution in [0.25, 0.3) is 0 Å². The highest BCUT2D eigenvalue weighted by atomic mass is 16.1. The Kier molecular flexibility index (Phi) is 1.01. The van der Waals surface area contributed by atoms with Gasteiger partial charge in [-0.25, -0.2) is 0 Å². The fourth-order valence-electron chi connectivity index (χ4n) is 0.400. The molecule has 0 N–H and O–H groups in total. The zero-order chi connectivity index (χ0) is 5.98. The Labute approximate surface area is 47.3 Å². The number of rotatable bonds is 0. The highest BCUT2D eigenvalue weighted by Gasteiger charge is 1.98. The van der Waals surface area contributed by atoms with E-state index in [1.165, 1.54) is 12.2 Å². The smallest absolute Gasteiger partial charge is 0.194 e. The van der Waals surface area contributed by atoms with Gasteiger partial charge in [-0.05, 0) is 6.08 Å². The summed E-state index contributed by atoms with van der Waals surface area (Å²) in [6.45, 7) is 3.46. The number of carbonyl (C=O) groups is 1. The lowest BCUT2D eigenvalue weighted by Crippen LogP contribution is -1.93. The van der Waals surface area contributed by atoms with Crippen molar-refractivity contribution in [2.75, 3.05) is 0 Å². The predicted octanol–water partition coefficient (Wildman–Crippen LogP) is 0.992. The molecule has 0 amide bonds. The van der Waals surface area contributed by atoms with E-state index in [2.05, 4.69) is 18.0 Å². The zero-order valence-electron chi connectivity index (χ0n) is 4.27. The van der Waals surface area contributed by atoms with E-state index >= 15 is 0 Å². The molecule has 1 aliphatic carbocycles. The molecule has 0 aliphatic heterocycles. The highest BCUT2D eigenvalue weighted by Crippen LogP contribution is 1.97. The first-order valence-corrected chi connectivity index (χ1v) is 2.21. The topological polar surface area (TPSA) is 17.1 Å². The van der Waals surface area contributed by atoms with Crippen LogP contribution in [-0.4, -0.2) is 5.78 Å². The zero-order valence-corrected chi connectivity index (χ0v) is 4.27. The van der Waals surface area contributed by atoms with E-state index in [0.29, 0.717) is 5.57 Å². The second-order valence-electron chi connectivity index (χ2n) is 1.47. The van der Waals surface area contributed by atoms with Crippen LogP contribution >= 0.6 is 0 Å². The summed E-state index contributed by atoms with van der Waals surface area (Å²) in [5.74, 6) is -0.0799. The van der Waals surface area contributed by atoms with Gasteiger partial charge in [-0.1, -0.05) is 18.0 Å². The minimum Gasteiger partial charge on any atom is -0.289 e. The molecule has 1 aliphatic rings. The number of hydrogen-bond acceptors (Lipinski definition) is 1. The average molecular weight is 104 g/mol. The summed E-state index contributed by atoms with van der Waals surface area (Å²) in [7, 11) is 0. The quantitative estimate of drug-likeness (QED) is 0.331. The highest BCUT2D eigenvalue weighted by molar-refractivity contribution is 6.06. The van der Waals surface area contributed by atoms with Crippen LogP contribution < -0.4 is 0 Å². The van der Waals surface area contributed by atoms with Crippen molar-refractivity contribution in [3.05, 3.63) is 35.8 Å². The first-order valence-electron chi connectivity index (χ1n) is 2.21. The third-order valence-corrected chi connectivity index (χ3v) is 0.849. The van der Waals surface area contributed by atoms with Gasteiger partial charge >= 0.3 is 0 Å². The molecule has 0 bridgehead atoms. The molecule has 0 fully saturated rings. The van der Waals surface area contributed by atoms with Crippen molar-refractivity contribution in [1.82, 2.24) is 0 Å². The van der Waals surface area contributed by atoms with Crippen molar-refractivity contribution in [3.63, 3.8) is 0 Å². The maximum absolute atomic E-state index is 10.5. The molecule has 0 saturated heterocycles. The molecule has 0 aromatic heterocycles. The first kappa shape index (κ1) is 4.86. The summed E-state index contributed by atoms with van der Waals surface area (Å²) in [6.07, 6.45) is 2.84. The Bertz CT molecular complexity index is 207. The largest absolute Gasteiger partial charge is 0.289 e. The Hall–Kier alpha value is -1.29. The van der Waals surface area contributed by atoms with E-state index in [1.807, 2.05) is 0 Å². The standard InChI is InChI=1S/C7H4O/c1-6-4-2-3-5-7(6)8/h4-5H,1H2. The van der Waals surface area contributed by atoms with Crippen molar-refractivity contribution in [1.29, 1.82) is 0 Å². The van der Waals surface area contributed by atoms with E-state index in [0.717, 1.165) is 0 Å². The monoisotopic (exact) mass is 104 g/mol. The molecule has 0 aromatic rings. The van der Waals surface area contributed by atoms with E-state index in [-0.39, 0.29) is 5.78 Å². The maximum atomic E-state index is 10.5. The second-order valence-corrected chi connectivity index (χ2v) is 1.47. The van der Waals surface area contributed by atoms with Crippen molar-refractivity contribution in [2.24, 2.45) is 0 Å². The molecule has 0 unspecified atom stereocenters. The van der Waals surface area contributed by atoms with Crippen LogP contribution in [0.5, 0.6) is 0 Å². The normalized spacial score (nSPS) is 15.5. The number of hydrogen-bond donors (Lipinski definition) is 0. The van der Waals surface area contributed by atoms with E-state index in [9.17, 15) is 4.79 Å². The molecular formula is C7H4O. The lowest BCUT2D eigenvalue weighted by Gasteiger charge is -1.88. The van der Waals surface area contributed by atoms with Gasteiger partial charge in [0.25, 0.3) is 0 Å². The molecule has 0 radical (unpaired) electrons. The molecule has 0 saturated carbocycles. The molecule has 1 rings (SSSR count). The predicted molar refractivity (Wildman–Crippen MR) is 30.3 cm³/mol. The number of carbonyl (C=O) groups excluding carboxylic acids is 1. The average Bonchev–Trinajstić information content (AvgIpc) is 1.77. The van der Waals surface area contributed by atoms with Gasteiger partial charge in [0, 0.05) is 11.6 Å². The lowest BCUT2D eigenvalue weighted by molar-refractivity contribution is -0.111. The molecule has 1 nitrogen and oxygen atoms in total. The van der Waals surface area contributed by atoms with Gasteiger partial charge < -0.3 is 0 Å².